The third-order valence-electron chi connectivity index (χ3n) is 3.47. The molecule has 0 unspecified atom stereocenters. The maximum atomic E-state index is 12.1. The molecule has 0 spiro atoms. The molecule has 0 atom stereocenters. The molecule has 1 rings (SSSR count). The number of aliphatic hydroxyl groups excluding tert-OH is 1. The second-order valence-electron chi connectivity index (χ2n) is 4.90. The summed E-state index contributed by atoms with van der Waals surface area (Å²) in [5.74, 6) is 0. The molecular weight excluding hydrogens is 288 g/mol. The molecule has 0 heterocycles. The molecule has 21 heavy (non-hydrogen) atoms. The van der Waals surface area contributed by atoms with Crippen molar-refractivity contribution in [1.82, 2.24) is 9.62 Å². The van der Waals surface area contributed by atoms with Crippen LogP contribution in [0.5, 0.6) is 0 Å². The Labute approximate surface area is 128 Å². The van der Waals surface area contributed by atoms with Crippen LogP contribution in [0, 0.1) is 0 Å². The first kappa shape index (κ1) is 18.1. The molecule has 0 aliphatic rings. The molecule has 1 aromatic rings. The van der Waals surface area contributed by atoms with E-state index in [-0.39, 0.29) is 11.5 Å². The van der Waals surface area contributed by atoms with Crippen LogP contribution in [0.1, 0.15) is 25.8 Å². The minimum atomic E-state index is -3.43. The fourth-order valence-electron chi connectivity index (χ4n) is 2.10. The summed E-state index contributed by atoms with van der Waals surface area (Å²) in [6.45, 7) is 7.56. The molecule has 0 amide bonds. The molecule has 0 aromatic heterocycles. The monoisotopic (exact) mass is 314 g/mol. The predicted molar refractivity (Wildman–Crippen MR) is 84.8 cm³/mol. The number of benzene rings is 1. The second kappa shape index (κ2) is 9.15. The number of sulfonamides is 1. The molecule has 2 N–H and O–H groups in total. The van der Waals surface area contributed by atoms with Crippen LogP contribution in [0.15, 0.2) is 29.2 Å². The van der Waals surface area contributed by atoms with Gasteiger partial charge in [-0.15, -0.1) is 0 Å². The van der Waals surface area contributed by atoms with Crippen molar-refractivity contribution < 1.29 is 13.5 Å². The molecular formula is C15H26N2O3S. The van der Waals surface area contributed by atoms with Crippen molar-refractivity contribution in [2.75, 3.05) is 32.8 Å². The van der Waals surface area contributed by atoms with Crippen LogP contribution in [0.4, 0.5) is 0 Å². The van der Waals surface area contributed by atoms with E-state index < -0.39 is 10.0 Å². The highest BCUT2D eigenvalue weighted by Gasteiger charge is 2.13. The van der Waals surface area contributed by atoms with Gasteiger partial charge in [0.25, 0.3) is 0 Å². The number of aliphatic hydroxyl groups is 1. The topological polar surface area (TPSA) is 69.6 Å². The van der Waals surface area contributed by atoms with Crippen LogP contribution in [0.25, 0.3) is 0 Å². The standard InChI is InChI=1S/C15H26N2O3S/c1-3-17(4-2)12-5-11-16-21(19,20)15-8-6-14(7-9-15)10-13-18/h6-9,16,18H,3-5,10-13H2,1-2H3. The number of hydrogen-bond acceptors (Lipinski definition) is 4. The van der Waals surface area contributed by atoms with Gasteiger partial charge in [-0.25, -0.2) is 13.1 Å². The molecule has 6 heteroatoms. The smallest absolute Gasteiger partial charge is 0.240 e. The SMILES string of the molecule is CCN(CC)CCCNS(=O)(=O)c1ccc(CCO)cc1. The van der Waals surface area contributed by atoms with Crippen LogP contribution in [-0.4, -0.2) is 51.2 Å². The van der Waals surface area contributed by atoms with E-state index in [1.54, 1.807) is 24.3 Å². The van der Waals surface area contributed by atoms with Gasteiger partial charge < -0.3 is 10.0 Å². The van der Waals surface area contributed by atoms with Crippen molar-refractivity contribution in [3.8, 4) is 0 Å². The van der Waals surface area contributed by atoms with Gasteiger partial charge in [-0.3, -0.25) is 0 Å². The van der Waals surface area contributed by atoms with Gasteiger partial charge in [0.1, 0.15) is 0 Å². The molecule has 0 aliphatic carbocycles. The van der Waals surface area contributed by atoms with Gasteiger partial charge in [-0.2, -0.15) is 0 Å². The van der Waals surface area contributed by atoms with Crippen molar-refractivity contribution in [2.24, 2.45) is 0 Å². The first-order chi connectivity index (χ1) is 10.0. The minimum Gasteiger partial charge on any atom is -0.396 e. The summed E-state index contributed by atoms with van der Waals surface area (Å²) < 4.78 is 26.8. The maximum absolute atomic E-state index is 12.1. The highest BCUT2D eigenvalue weighted by Crippen LogP contribution is 2.10. The second-order valence-corrected chi connectivity index (χ2v) is 6.66. The van der Waals surface area contributed by atoms with Crippen molar-refractivity contribution in [3.05, 3.63) is 29.8 Å². The summed E-state index contributed by atoms with van der Waals surface area (Å²) in [6, 6.07) is 6.64. The first-order valence-corrected chi connectivity index (χ1v) is 8.93. The summed E-state index contributed by atoms with van der Waals surface area (Å²) >= 11 is 0. The summed E-state index contributed by atoms with van der Waals surface area (Å²) in [7, 11) is -3.43. The molecule has 1 aromatic carbocycles. The number of nitrogens with one attached hydrogen (secondary N) is 1. The normalized spacial score (nSPS) is 12.0. The number of hydrogen-bond donors (Lipinski definition) is 2. The van der Waals surface area contributed by atoms with E-state index in [2.05, 4.69) is 23.5 Å². The summed E-state index contributed by atoms with van der Waals surface area (Å²) in [4.78, 5) is 2.53. The lowest BCUT2D eigenvalue weighted by molar-refractivity contribution is 0.299. The molecule has 120 valence electrons. The molecule has 0 saturated carbocycles. The Morgan fingerprint density at radius 1 is 1.14 bits per heavy atom. The van der Waals surface area contributed by atoms with Crippen molar-refractivity contribution in [3.63, 3.8) is 0 Å². The summed E-state index contributed by atoms with van der Waals surface area (Å²) in [5, 5.41) is 8.84. The number of nitrogens with zero attached hydrogens (tertiary/aromatic N) is 1. The molecule has 0 radical (unpaired) electrons. The molecule has 0 bridgehead atoms. The van der Waals surface area contributed by atoms with Crippen molar-refractivity contribution >= 4 is 10.0 Å². The van der Waals surface area contributed by atoms with E-state index in [1.165, 1.54) is 0 Å². The zero-order chi connectivity index (χ0) is 15.7. The Morgan fingerprint density at radius 2 is 1.76 bits per heavy atom. The molecule has 0 saturated heterocycles. The van der Waals surface area contributed by atoms with E-state index in [9.17, 15) is 8.42 Å². The first-order valence-electron chi connectivity index (χ1n) is 7.45. The van der Waals surface area contributed by atoms with E-state index in [4.69, 9.17) is 5.11 Å². The Morgan fingerprint density at radius 3 is 2.29 bits per heavy atom. The summed E-state index contributed by atoms with van der Waals surface area (Å²) in [5.41, 5.74) is 0.929. The minimum absolute atomic E-state index is 0.0652. The Kier molecular flexibility index (Phi) is 7.88. The zero-order valence-corrected chi connectivity index (χ0v) is 13.7. The van der Waals surface area contributed by atoms with E-state index >= 15 is 0 Å². The highest BCUT2D eigenvalue weighted by atomic mass is 32.2. The molecule has 0 aliphatic heterocycles. The lowest BCUT2D eigenvalue weighted by Gasteiger charge is -2.17. The van der Waals surface area contributed by atoms with E-state index in [0.29, 0.717) is 13.0 Å². The third kappa shape index (κ3) is 6.13. The fraction of sp³-hybridized carbons (Fsp3) is 0.600. The van der Waals surface area contributed by atoms with Gasteiger partial charge in [-0.05, 0) is 50.2 Å². The Bertz CT molecular complexity index is 496. The van der Waals surface area contributed by atoms with Crippen LogP contribution < -0.4 is 4.72 Å². The van der Waals surface area contributed by atoms with Gasteiger partial charge in [0, 0.05) is 13.2 Å². The van der Waals surface area contributed by atoms with Crippen LogP contribution in [0.3, 0.4) is 0 Å². The lowest BCUT2D eigenvalue weighted by Crippen LogP contribution is -2.30. The van der Waals surface area contributed by atoms with E-state index in [0.717, 1.165) is 31.6 Å². The van der Waals surface area contributed by atoms with Gasteiger partial charge in [0.05, 0.1) is 4.90 Å². The quantitative estimate of drug-likeness (QED) is 0.637. The van der Waals surface area contributed by atoms with Crippen LogP contribution >= 0.6 is 0 Å². The Hall–Kier alpha value is -0.950. The van der Waals surface area contributed by atoms with Gasteiger partial charge in [0.2, 0.25) is 10.0 Å². The van der Waals surface area contributed by atoms with Gasteiger partial charge >= 0.3 is 0 Å². The molecule has 5 nitrogen and oxygen atoms in total. The van der Waals surface area contributed by atoms with Crippen molar-refractivity contribution in [1.29, 1.82) is 0 Å². The Balaban J connectivity index is 2.49. The third-order valence-corrected chi connectivity index (χ3v) is 4.95. The average molecular weight is 314 g/mol. The summed E-state index contributed by atoms with van der Waals surface area (Å²) in [6.07, 6.45) is 1.33. The van der Waals surface area contributed by atoms with Crippen LogP contribution in [-0.2, 0) is 16.4 Å². The maximum Gasteiger partial charge on any atom is 0.240 e. The van der Waals surface area contributed by atoms with Gasteiger partial charge in [-0.1, -0.05) is 26.0 Å². The largest absolute Gasteiger partial charge is 0.396 e. The lowest BCUT2D eigenvalue weighted by atomic mass is 10.2. The predicted octanol–water partition coefficient (Wildman–Crippen LogP) is 1.23. The molecule has 0 fully saturated rings. The van der Waals surface area contributed by atoms with Crippen LogP contribution in [0.2, 0.25) is 0 Å². The van der Waals surface area contributed by atoms with E-state index in [1.807, 2.05) is 0 Å². The average Bonchev–Trinajstić information content (AvgIpc) is 2.48. The highest BCUT2D eigenvalue weighted by molar-refractivity contribution is 7.89. The number of rotatable bonds is 10. The fourth-order valence-corrected chi connectivity index (χ4v) is 3.17. The van der Waals surface area contributed by atoms with Crippen molar-refractivity contribution in [2.45, 2.75) is 31.6 Å². The zero-order valence-electron chi connectivity index (χ0n) is 12.9. The van der Waals surface area contributed by atoms with Gasteiger partial charge in [0.15, 0.2) is 0 Å².